The van der Waals surface area contributed by atoms with Crippen LogP contribution >= 0.6 is 28.3 Å². The molecule has 0 saturated carbocycles. The topological polar surface area (TPSA) is 355 Å². The third kappa shape index (κ3) is 28.4. The van der Waals surface area contributed by atoms with E-state index >= 15 is 4.39 Å². The van der Waals surface area contributed by atoms with Gasteiger partial charge in [-0.25, -0.2) is 13.2 Å². The van der Waals surface area contributed by atoms with Crippen molar-refractivity contribution in [1.29, 1.82) is 0 Å². The van der Waals surface area contributed by atoms with Crippen LogP contribution in [0.15, 0.2) is 200 Å². The Balaban J connectivity index is 0.000000747. The molecule has 0 saturated heterocycles. The first-order chi connectivity index (χ1) is 50.6. The molecule has 0 aliphatic carbocycles. The Hall–Kier alpha value is -7.11. The van der Waals surface area contributed by atoms with Gasteiger partial charge in [0.2, 0.25) is 0 Å². The van der Waals surface area contributed by atoms with Crippen LogP contribution in [0.25, 0.3) is 55.2 Å². The van der Waals surface area contributed by atoms with Gasteiger partial charge in [-0.1, -0.05) is 117 Å². The van der Waals surface area contributed by atoms with Gasteiger partial charge in [0.15, 0.2) is 5.58 Å². The van der Waals surface area contributed by atoms with Gasteiger partial charge in [0.05, 0.1) is 36.9 Å². The van der Waals surface area contributed by atoms with Crippen molar-refractivity contribution >= 4 is 98.2 Å². The predicted octanol–water partition coefficient (Wildman–Crippen LogP) is 4.99. The monoisotopic (exact) mass is 1670 g/mol. The third-order valence-electron chi connectivity index (χ3n) is 15.4. The van der Waals surface area contributed by atoms with Crippen LogP contribution in [0.1, 0.15) is 72.8 Å². The number of aliphatic carboxylic acids is 1. The maximum Gasteiger partial charge on any atom is 1.00 e. The summed E-state index contributed by atoms with van der Waals surface area (Å²) in [5.74, 6) is -1.64. The fraction of sp³-hybridized carbons (Fsp3) is 0.179. The average Bonchev–Trinajstić information content (AvgIpc) is 1.80. The summed E-state index contributed by atoms with van der Waals surface area (Å²) in [5.41, 5.74) is 23.7. The van der Waals surface area contributed by atoms with E-state index in [0.717, 1.165) is 11.1 Å². The maximum absolute atomic E-state index is 15.0. The number of carbonyl (C=O) groups excluding carboxylic acids is 3. The van der Waals surface area contributed by atoms with Gasteiger partial charge in [-0.15, -0.1) is 12.4 Å². The number of rotatable bonds is 24. The molecule has 0 bridgehead atoms. The standard InChI is InChI=1S/C26H23F2NO4.C24H19F2NO4.C19H16BrFO4.C7H9BFNO2.CH2O3.CH4.ClH.2K.Li.H2O.H/c1-2-31-24(30)13-17-6-3-4-9-22(17)32-15-16-10-19-12-23(27)33-26(19)21(11-16)20-8-5-7-18(14-29)25(20)28;25-21-10-17-8-14(13-30-20-7-2-1-4-15(20)11-22(28)29)9-19(24(17)31-21)18-6-3-5-16(12-27)23(18)26;1-2-23-18(22)10-13-5-3-4-6-16(13)24-11-12-7-14-9-17(21)25-19(14)15(20)8-12;9-7-5(4-10)2-1-3-6(7)8(11)12;2-1-4-3;;;;;;;/h3-12H,2,13-15,29H2,1H3;1-10H,11-13,27H2,(H,28,29);3-9H,2,10-11H2,1H3;1-3,11-12H,4,10H2;1,3H;1H4;1H;;;;1H2;/q;;;;;;;3*+1;;-1/p-2. The number of carboxylic acids is 1. The Labute approximate surface area is 747 Å². The van der Waals surface area contributed by atoms with E-state index in [2.05, 4.69) is 20.8 Å². The van der Waals surface area contributed by atoms with E-state index in [0.29, 0.717) is 101 Å². The third-order valence-corrected chi connectivity index (χ3v) is 16.0. The van der Waals surface area contributed by atoms with Crippen LogP contribution in [0.5, 0.6) is 17.2 Å². The average molecular weight is 1670 g/mol. The number of furan rings is 3. The molecule has 0 fully saturated rings. The number of benzene rings is 9. The van der Waals surface area contributed by atoms with E-state index in [1.54, 1.807) is 129 Å². The molecule has 0 amide bonds. The Kier molecular flexibility index (Phi) is 45.2. The summed E-state index contributed by atoms with van der Waals surface area (Å²) >= 11 is 3.37. The van der Waals surface area contributed by atoms with E-state index in [9.17, 15) is 36.3 Å². The van der Waals surface area contributed by atoms with Gasteiger partial charge in [0.25, 0.3) is 24.5 Å². The number of carbonyl (C=O) groups is 4. The van der Waals surface area contributed by atoms with Crippen molar-refractivity contribution in [2.24, 2.45) is 17.2 Å². The molecule has 9 aromatic carbocycles. The maximum atomic E-state index is 15.0. The van der Waals surface area contributed by atoms with Crippen molar-refractivity contribution < 1.29 is 236 Å². The first-order valence-corrected chi connectivity index (χ1v) is 32.9. The fourth-order valence-corrected chi connectivity index (χ4v) is 11.4. The van der Waals surface area contributed by atoms with Crippen LogP contribution in [0.3, 0.4) is 0 Å². The van der Waals surface area contributed by atoms with E-state index in [1.807, 2.05) is 30.3 Å². The fourth-order valence-electron chi connectivity index (χ4n) is 10.8. The second kappa shape index (κ2) is 50.2. The molecular weight excluding hydrogens is 1590 g/mol. The molecule has 0 unspecified atom stereocenters. The molecule has 0 atom stereocenters. The van der Waals surface area contributed by atoms with E-state index in [-0.39, 0.29) is 259 Å². The van der Waals surface area contributed by atoms with Gasteiger partial charge in [0, 0.05) is 115 Å². The number of hydrogen-bond acceptors (Lipinski definition) is 20. The van der Waals surface area contributed by atoms with Crippen LogP contribution in [-0.2, 0) is 92.3 Å². The van der Waals surface area contributed by atoms with Gasteiger partial charge < -0.3 is 86.3 Å². The molecule has 3 aromatic heterocycles. The van der Waals surface area contributed by atoms with Crippen molar-refractivity contribution in [3.8, 4) is 39.5 Å². The van der Waals surface area contributed by atoms with Crippen molar-refractivity contribution in [2.45, 2.75) is 80.0 Å². The zero-order valence-corrected chi connectivity index (χ0v) is 68.7. The number of hydrogen-bond donors (Lipinski definition) is 6. The first kappa shape index (κ1) is 100.0. The molecule has 12 rings (SSSR count). The Morgan fingerprint density at radius 2 is 0.820 bits per heavy atom. The first-order valence-electron chi connectivity index (χ1n) is 32.1. The second-order valence-corrected chi connectivity index (χ2v) is 23.4. The summed E-state index contributed by atoms with van der Waals surface area (Å²) in [5, 5.41) is 36.5. The Bertz CT molecular complexity index is 5020. The van der Waals surface area contributed by atoms with Crippen molar-refractivity contribution in [2.75, 3.05) is 13.2 Å². The zero-order chi connectivity index (χ0) is 75.7. The van der Waals surface area contributed by atoms with Crippen LogP contribution in [-0.4, -0.2) is 65.3 Å². The molecule has 12 aromatic rings. The van der Waals surface area contributed by atoms with Gasteiger partial charge in [-0.05, 0) is 101 Å². The van der Waals surface area contributed by atoms with Gasteiger partial charge in [-0.3, -0.25) is 19.2 Å². The summed E-state index contributed by atoms with van der Waals surface area (Å²) in [6.45, 7) is 4.57. The minimum Gasteiger partial charge on any atom is -1.00 e. The number of para-hydroxylation sites is 3. The number of esters is 2. The molecule has 10 N–H and O–H groups in total. The van der Waals surface area contributed by atoms with Crippen LogP contribution in [0, 0.1) is 35.5 Å². The Morgan fingerprint density at radius 3 is 1.17 bits per heavy atom. The molecule has 0 aliphatic rings. The summed E-state index contributed by atoms with van der Waals surface area (Å²) < 4.78 is 128. The summed E-state index contributed by atoms with van der Waals surface area (Å²) in [6, 6.07) is 47.5. The second-order valence-electron chi connectivity index (χ2n) is 22.6. The summed E-state index contributed by atoms with van der Waals surface area (Å²) in [7, 11) is -1.78. The van der Waals surface area contributed by atoms with Gasteiger partial charge in [0.1, 0.15) is 65.7 Å². The van der Waals surface area contributed by atoms with Crippen molar-refractivity contribution in [3.63, 3.8) is 0 Å². The molecule has 572 valence electrons. The van der Waals surface area contributed by atoms with Gasteiger partial charge in [-0.2, -0.15) is 13.2 Å². The zero-order valence-electron chi connectivity index (χ0n) is 61.0. The number of ether oxygens (including phenoxy) is 5. The molecular formula is C78H75BBrClF6K2LiN3O18. The quantitative estimate of drug-likeness (QED) is 0.0116. The number of nitrogens with two attached hydrogens (primary N) is 3. The predicted molar refractivity (Wildman–Crippen MR) is 395 cm³/mol. The molecule has 0 radical (unpaired) electrons. The Morgan fingerprint density at radius 1 is 0.495 bits per heavy atom. The molecule has 0 spiro atoms. The van der Waals surface area contributed by atoms with Crippen LogP contribution < -0.4 is 164 Å². The molecule has 3 heterocycles. The minimum atomic E-state index is -1.78. The molecule has 33 heteroatoms. The summed E-state index contributed by atoms with van der Waals surface area (Å²) in [6.07, 6.45) is 0.0580. The summed E-state index contributed by atoms with van der Waals surface area (Å²) in [4.78, 5) is 45.9. The molecule has 111 heavy (non-hydrogen) atoms. The molecule has 0 aliphatic heterocycles. The van der Waals surface area contributed by atoms with Crippen LogP contribution in [0.4, 0.5) is 26.3 Å². The van der Waals surface area contributed by atoms with E-state index < -0.39 is 48.6 Å². The van der Waals surface area contributed by atoms with Gasteiger partial charge >= 0.3 is 147 Å². The van der Waals surface area contributed by atoms with E-state index in [4.69, 9.17) is 79.3 Å². The SMILES string of the molecule is C.CCOC(=O)Cc1ccccc1OCc1cc(-c2cccc(CN)c2F)c2oc(F)cc2c1.CCOC(=O)Cc1ccccc1OCc1cc(Br)c2oc(F)cc2c1.Cl.NCc1cccc(-c2cc(COc3ccccc3CC(=O)O)cc3cc(F)oc23)c1F.NCc1cccc(B(O)O)c1F.O=CO[O-].[H-].[K+].[K+].[Li+].[OH-]. The van der Waals surface area contributed by atoms with E-state index in [1.165, 1.54) is 36.4 Å². The van der Waals surface area contributed by atoms with Crippen LogP contribution in [0.2, 0.25) is 0 Å². The minimum absolute atomic E-state index is 0. The largest absolute Gasteiger partial charge is 1.00 e. The molecule has 21 nitrogen and oxygen atoms in total. The number of halogens is 8. The van der Waals surface area contributed by atoms with Crippen molar-refractivity contribution in [1.82, 2.24) is 0 Å². The van der Waals surface area contributed by atoms with Crippen molar-refractivity contribution in [3.05, 3.63) is 272 Å². The smallest absolute Gasteiger partial charge is 1.00 e. The number of carboxylic acid groups (broad SMARTS) is 1. The number of fused-ring (bicyclic) bond motifs is 3. The normalized spacial score (nSPS) is 10.1.